The number of nitrogens with zero attached hydrogens (tertiary/aromatic N) is 1. The lowest BCUT2D eigenvalue weighted by atomic mass is 10.1. The van der Waals surface area contributed by atoms with Crippen LogP contribution in [-0.4, -0.2) is 0 Å². The Kier molecular flexibility index (Phi) is 1.84. The molecule has 3 rings (SSSR count). The molecule has 0 aliphatic carbocycles. The Bertz CT molecular complexity index is 591. The highest BCUT2D eigenvalue weighted by molar-refractivity contribution is 5.64. The van der Waals surface area contributed by atoms with Crippen molar-refractivity contribution in [2.75, 3.05) is 0 Å². The normalized spacial score (nSPS) is 12.4. The molecule has 0 N–H and O–H groups in total. The van der Waals surface area contributed by atoms with Gasteiger partial charge in [0.1, 0.15) is 11.6 Å². The fourth-order valence-electron chi connectivity index (χ4n) is 2.21. The third-order valence-corrected chi connectivity index (χ3v) is 2.92. The first-order valence-corrected chi connectivity index (χ1v) is 5.13. The molecular weight excluding hydrogens is 208 g/mol. The molecule has 1 aromatic heterocycles. The summed E-state index contributed by atoms with van der Waals surface area (Å²) in [5.41, 5.74) is 3.14. The molecule has 0 amide bonds. The van der Waals surface area contributed by atoms with Crippen molar-refractivity contribution in [3.8, 4) is 11.3 Å². The van der Waals surface area contributed by atoms with E-state index in [0.29, 0.717) is 17.7 Å². The Hall–Kier alpha value is -1.77. The van der Waals surface area contributed by atoms with Crippen LogP contribution >= 0.6 is 0 Å². The highest BCUT2D eigenvalue weighted by atomic mass is 19.1. The molecule has 0 spiro atoms. The maximum absolute atomic E-state index is 13.7. The highest BCUT2D eigenvalue weighted by Crippen LogP contribution is 2.30. The van der Waals surface area contributed by atoms with Crippen molar-refractivity contribution in [1.29, 1.82) is 0 Å². The third-order valence-electron chi connectivity index (χ3n) is 2.92. The number of hydrogen-bond donors (Lipinski definition) is 0. The van der Waals surface area contributed by atoms with Crippen LogP contribution in [0.2, 0.25) is 0 Å². The van der Waals surface area contributed by atoms with E-state index in [0.717, 1.165) is 17.3 Å². The van der Waals surface area contributed by atoms with E-state index >= 15 is 0 Å². The predicted molar refractivity (Wildman–Crippen MR) is 55.8 cm³/mol. The van der Waals surface area contributed by atoms with Crippen LogP contribution in [0.4, 0.5) is 8.78 Å². The number of aryl methyl sites for hydroxylation is 1. The van der Waals surface area contributed by atoms with Crippen LogP contribution < -0.4 is 4.57 Å². The minimum absolute atomic E-state index is 0.480. The molecule has 1 aromatic carbocycles. The minimum atomic E-state index is -0.513. The van der Waals surface area contributed by atoms with E-state index in [1.165, 1.54) is 6.07 Å². The number of fused-ring (bicyclic) bond motifs is 3. The van der Waals surface area contributed by atoms with Gasteiger partial charge in [0.05, 0.1) is 5.56 Å². The Morgan fingerprint density at radius 2 is 2.00 bits per heavy atom. The van der Waals surface area contributed by atoms with Crippen LogP contribution in [0.25, 0.3) is 11.3 Å². The van der Waals surface area contributed by atoms with E-state index in [-0.39, 0.29) is 0 Å². The van der Waals surface area contributed by atoms with Gasteiger partial charge >= 0.3 is 0 Å². The average Bonchev–Trinajstić information content (AvgIpc) is 2.54. The summed E-state index contributed by atoms with van der Waals surface area (Å²) in [6, 6.07) is 6.23. The maximum atomic E-state index is 13.7. The van der Waals surface area contributed by atoms with Crippen molar-refractivity contribution in [1.82, 2.24) is 0 Å². The zero-order valence-corrected chi connectivity index (χ0v) is 8.80. The topological polar surface area (TPSA) is 3.88 Å². The molecule has 80 valence electrons. The molecule has 16 heavy (non-hydrogen) atoms. The van der Waals surface area contributed by atoms with Gasteiger partial charge in [-0.05, 0) is 18.6 Å². The summed E-state index contributed by atoms with van der Waals surface area (Å²) in [6.07, 6.45) is 1.90. The Morgan fingerprint density at radius 1 is 1.19 bits per heavy atom. The first kappa shape index (κ1) is 9.46. The van der Waals surface area contributed by atoms with Gasteiger partial charge in [-0.2, -0.15) is 4.57 Å². The Balaban J connectivity index is 2.32. The summed E-state index contributed by atoms with van der Waals surface area (Å²) in [5, 5.41) is 0. The van der Waals surface area contributed by atoms with E-state index in [9.17, 15) is 8.78 Å². The molecule has 0 radical (unpaired) electrons. The molecule has 2 aromatic rings. The second-order valence-corrected chi connectivity index (χ2v) is 4.14. The predicted octanol–water partition coefficient (Wildman–Crippen LogP) is 2.59. The van der Waals surface area contributed by atoms with Crippen LogP contribution in [0.1, 0.15) is 11.1 Å². The summed E-state index contributed by atoms with van der Waals surface area (Å²) in [4.78, 5) is 0. The standard InChI is InChI=1S/C13H10F2N/c1-8-2-3-16-7-9-5-10(14)6-11(15)13(9)12(16)4-8/h2-6H,7H2,1H3/q+1. The molecule has 0 bridgehead atoms. The van der Waals surface area contributed by atoms with E-state index in [1.807, 2.05) is 29.8 Å². The van der Waals surface area contributed by atoms with E-state index in [2.05, 4.69) is 0 Å². The minimum Gasteiger partial charge on any atom is -0.207 e. The summed E-state index contributed by atoms with van der Waals surface area (Å²) < 4.78 is 28.7. The van der Waals surface area contributed by atoms with Crippen molar-refractivity contribution in [3.05, 3.63) is 53.2 Å². The van der Waals surface area contributed by atoms with E-state index in [1.54, 1.807) is 0 Å². The largest absolute Gasteiger partial charge is 0.216 e. The summed E-state index contributed by atoms with van der Waals surface area (Å²) in [5.74, 6) is -0.992. The Morgan fingerprint density at radius 3 is 2.81 bits per heavy atom. The van der Waals surface area contributed by atoms with Gasteiger partial charge in [0.15, 0.2) is 12.7 Å². The third kappa shape index (κ3) is 1.24. The second kappa shape index (κ2) is 3.11. The van der Waals surface area contributed by atoms with E-state index < -0.39 is 11.6 Å². The zero-order chi connectivity index (χ0) is 11.3. The van der Waals surface area contributed by atoms with E-state index in [4.69, 9.17) is 0 Å². The van der Waals surface area contributed by atoms with Crippen LogP contribution in [0.15, 0.2) is 30.5 Å². The number of rotatable bonds is 0. The lowest BCUT2D eigenvalue weighted by molar-refractivity contribution is -0.672. The van der Waals surface area contributed by atoms with Gasteiger partial charge in [0.2, 0.25) is 5.69 Å². The number of aromatic nitrogens is 1. The van der Waals surface area contributed by atoms with Crippen molar-refractivity contribution >= 4 is 0 Å². The van der Waals surface area contributed by atoms with Crippen molar-refractivity contribution < 1.29 is 13.3 Å². The molecule has 0 saturated carbocycles. The number of benzene rings is 1. The van der Waals surface area contributed by atoms with Crippen molar-refractivity contribution in [2.45, 2.75) is 13.5 Å². The monoisotopic (exact) mass is 218 g/mol. The molecule has 0 unspecified atom stereocenters. The highest BCUT2D eigenvalue weighted by Gasteiger charge is 2.29. The number of halogens is 2. The molecular formula is C13H10F2N+. The Labute approximate surface area is 92.0 Å². The molecule has 2 heterocycles. The zero-order valence-electron chi connectivity index (χ0n) is 8.80. The van der Waals surface area contributed by atoms with Gasteiger partial charge in [-0.25, -0.2) is 8.78 Å². The van der Waals surface area contributed by atoms with Gasteiger partial charge in [0, 0.05) is 23.8 Å². The van der Waals surface area contributed by atoms with Gasteiger partial charge < -0.3 is 0 Å². The smallest absolute Gasteiger partial charge is 0.207 e. The van der Waals surface area contributed by atoms with Gasteiger partial charge in [-0.15, -0.1) is 0 Å². The first-order chi connectivity index (χ1) is 7.65. The summed E-state index contributed by atoms with van der Waals surface area (Å²) >= 11 is 0. The fourth-order valence-corrected chi connectivity index (χ4v) is 2.21. The summed E-state index contributed by atoms with van der Waals surface area (Å²) in [6.45, 7) is 2.50. The average molecular weight is 218 g/mol. The quantitative estimate of drug-likeness (QED) is 0.511. The van der Waals surface area contributed by atoms with Gasteiger partial charge in [0.25, 0.3) is 0 Å². The molecule has 1 nitrogen and oxygen atoms in total. The van der Waals surface area contributed by atoms with Crippen LogP contribution in [0.5, 0.6) is 0 Å². The second-order valence-electron chi connectivity index (χ2n) is 4.14. The molecule has 0 atom stereocenters. The molecule has 3 heteroatoms. The maximum Gasteiger partial charge on any atom is 0.216 e. The molecule has 0 fully saturated rings. The summed E-state index contributed by atoms with van der Waals surface area (Å²) in [7, 11) is 0. The van der Waals surface area contributed by atoms with Gasteiger partial charge in [-0.1, -0.05) is 0 Å². The van der Waals surface area contributed by atoms with Gasteiger partial charge in [-0.3, -0.25) is 0 Å². The molecule has 1 aliphatic rings. The number of hydrogen-bond acceptors (Lipinski definition) is 0. The van der Waals surface area contributed by atoms with Crippen LogP contribution in [0, 0.1) is 18.6 Å². The lowest BCUT2D eigenvalue weighted by Crippen LogP contribution is -2.31. The molecule has 1 aliphatic heterocycles. The fraction of sp³-hybridized carbons (Fsp3) is 0.154. The van der Waals surface area contributed by atoms with Crippen LogP contribution in [-0.2, 0) is 6.54 Å². The van der Waals surface area contributed by atoms with Crippen LogP contribution in [0.3, 0.4) is 0 Å². The lowest BCUT2D eigenvalue weighted by Gasteiger charge is -1.97. The molecule has 0 saturated heterocycles. The van der Waals surface area contributed by atoms with Crippen molar-refractivity contribution in [3.63, 3.8) is 0 Å². The first-order valence-electron chi connectivity index (χ1n) is 5.13. The number of pyridine rings is 1. The SMILES string of the molecule is Cc1cc[n+]2c(c1)-c1c(F)cc(F)cc1C2. The van der Waals surface area contributed by atoms with Crippen molar-refractivity contribution in [2.24, 2.45) is 0 Å².